The number of halogens is 1. The number of aryl methyl sites for hydroxylation is 1. The minimum Gasteiger partial charge on any atom is -0.487 e. The standard InChI is InChI=1S/C18H27FO2Si/c1-7-15(21-22(5,6)18(2,3)4)17-10-8-13-12-14(19)9-11-16(13)20-17/h7,9,11-12,15,17H,1,8,10H2,2-6H3/t15-,17+/m1/s1. The molecule has 4 heteroatoms. The Kier molecular flexibility index (Phi) is 4.83. The van der Waals surface area contributed by atoms with Crippen molar-refractivity contribution in [2.45, 2.75) is 64.0 Å². The van der Waals surface area contributed by atoms with E-state index in [1.54, 1.807) is 12.1 Å². The Hall–Kier alpha value is -1.13. The molecule has 0 N–H and O–H groups in total. The van der Waals surface area contributed by atoms with Crippen molar-refractivity contribution in [3.8, 4) is 5.75 Å². The van der Waals surface area contributed by atoms with Gasteiger partial charge in [-0.15, -0.1) is 6.58 Å². The van der Waals surface area contributed by atoms with Crippen LogP contribution in [0.3, 0.4) is 0 Å². The van der Waals surface area contributed by atoms with Crippen molar-refractivity contribution in [2.24, 2.45) is 0 Å². The predicted octanol–water partition coefficient (Wildman–Crippen LogP) is 5.10. The fourth-order valence-corrected chi connectivity index (χ4v) is 3.68. The van der Waals surface area contributed by atoms with Crippen LogP contribution >= 0.6 is 0 Å². The number of benzene rings is 1. The highest BCUT2D eigenvalue weighted by Crippen LogP contribution is 2.39. The highest BCUT2D eigenvalue weighted by atomic mass is 28.4. The Labute approximate surface area is 134 Å². The summed E-state index contributed by atoms with van der Waals surface area (Å²) in [6.45, 7) is 15.1. The van der Waals surface area contributed by atoms with E-state index in [1.807, 2.05) is 6.08 Å². The maximum atomic E-state index is 13.3. The topological polar surface area (TPSA) is 18.5 Å². The molecule has 0 amide bonds. The minimum absolute atomic E-state index is 0.0513. The summed E-state index contributed by atoms with van der Waals surface area (Å²) >= 11 is 0. The van der Waals surface area contributed by atoms with Gasteiger partial charge < -0.3 is 9.16 Å². The SMILES string of the molecule is C=C[C@@H](O[Si](C)(C)C(C)(C)C)[C@@H]1CCc2cc(F)ccc2O1. The molecule has 0 aliphatic carbocycles. The van der Waals surface area contributed by atoms with Gasteiger partial charge in [-0.3, -0.25) is 0 Å². The van der Waals surface area contributed by atoms with E-state index in [4.69, 9.17) is 9.16 Å². The van der Waals surface area contributed by atoms with Gasteiger partial charge in [0.1, 0.15) is 23.8 Å². The Morgan fingerprint density at radius 3 is 2.68 bits per heavy atom. The molecule has 1 aromatic carbocycles. The maximum absolute atomic E-state index is 13.3. The first kappa shape index (κ1) is 17.2. The van der Waals surface area contributed by atoms with Gasteiger partial charge in [-0.25, -0.2) is 4.39 Å². The van der Waals surface area contributed by atoms with Crippen molar-refractivity contribution in [1.29, 1.82) is 0 Å². The van der Waals surface area contributed by atoms with Crippen molar-refractivity contribution in [2.75, 3.05) is 0 Å². The first-order chi connectivity index (χ1) is 10.1. The number of rotatable bonds is 4. The summed E-state index contributed by atoms with van der Waals surface area (Å²) in [4.78, 5) is 0. The zero-order valence-corrected chi connectivity index (χ0v) is 15.3. The van der Waals surface area contributed by atoms with Gasteiger partial charge in [-0.1, -0.05) is 26.8 Å². The second-order valence-corrected chi connectivity index (χ2v) is 12.3. The van der Waals surface area contributed by atoms with Crippen LogP contribution in [0.25, 0.3) is 0 Å². The molecule has 0 saturated carbocycles. The van der Waals surface area contributed by atoms with Gasteiger partial charge >= 0.3 is 0 Å². The zero-order valence-electron chi connectivity index (χ0n) is 14.3. The second kappa shape index (κ2) is 6.17. The molecule has 2 rings (SSSR count). The first-order valence-corrected chi connectivity index (χ1v) is 10.8. The van der Waals surface area contributed by atoms with Crippen LogP contribution in [-0.2, 0) is 10.8 Å². The fraction of sp³-hybridized carbons (Fsp3) is 0.556. The fourth-order valence-electron chi connectivity index (χ4n) is 2.40. The van der Waals surface area contributed by atoms with E-state index >= 15 is 0 Å². The normalized spacial score (nSPS) is 20.0. The largest absolute Gasteiger partial charge is 0.487 e. The second-order valence-electron chi connectivity index (χ2n) is 7.53. The summed E-state index contributed by atoms with van der Waals surface area (Å²) in [5, 5.41) is 0.143. The summed E-state index contributed by atoms with van der Waals surface area (Å²) in [6.07, 6.45) is 3.30. The van der Waals surface area contributed by atoms with Gasteiger partial charge in [0, 0.05) is 0 Å². The molecular formula is C18H27FO2Si. The quantitative estimate of drug-likeness (QED) is 0.567. The van der Waals surface area contributed by atoms with E-state index < -0.39 is 8.32 Å². The average molecular weight is 322 g/mol. The molecule has 1 aliphatic heterocycles. The third-order valence-electron chi connectivity index (χ3n) is 4.83. The smallest absolute Gasteiger partial charge is 0.193 e. The third kappa shape index (κ3) is 3.61. The molecule has 0 spiro atoms. The number of ether oxygens (including phenoxy) is 1. The average Bonchev–Trinajstić information content (AvgIpc) is 2.43. The lowest BCUT2D eigenvalue weighted by Gasteiger charge is -2.41. The van der Waals surface area contributed by atoms with Crippen LogP contribution in [0.5, 0.6) is 5.75 Å². The van der Waals surface area contributed by atoms with Crippen LogP contribution in [0.15, 0.2) is 30.9 Å². The highest BCUT2D eigenvalue weighted by Gasteiger charge is 2.41. The van der Waals surface area contributed by atoms with Gasteiger partial charge in [-0.05, 0) is 54.7 Å². The van der Waals surface area contributed by atoms with Crippen molar-refractivity contribution in [3.63, 3.8) is 0 Å². The third-order valence-corrected chi connectivity index (χ3v) is 9.31. The molecule has 2 atom stereocenters. The summed E-state index contributed by atoms with van der Waals surface area (Å²) in [5.74, 6) is 0.557. The predicted molar refractivity (Wildman–Crippen MR) is 91.4 cm³/mol. The maximum Gasteiger partial charge on any atom is 0.193 e. The summed E-state index contributed by atoms with van der Waals surface area (Å²) in [6, 6.07) is 4.71. The molecule has 0 radical (unpaired) electrons. The van der Waals surface area contributed by atoms with Crippen LogP contribution in [0.2, 0.25) is 18.1 Å². The number of hydrogen-bond acceptors (Lipinski definition) is 2. The molecule has 0 bridgehead atoms. The Bertz CT molecular complexity index is 549. The molecule has 0 saturated heterocycles. The monoisotopic (exact) mass is 322 g/mol. The number of fused-ring (bicyclic) bond motifs is 1. The molecular weight excluding hydrogens is 295 g/mol. The molecule has 1 aliphatic rings. The molecule has 22 heavy (non-hydrogen) atoms. The van der Waals surface area contributed by atoms with Crippen LogP contribution in [-0.4, -0.2) is 20.5 Å². The van der Waals surface area contributed by atoms with Gasteiger partial charge in [0.2, 0.25) is 0 Å². The number of hydrogen-bond donors (Lipinski definition) is 0. The highest BCUT2D eigenvalue weighted by molar-refractivity contribution is 6.74. The van der Waals surface area contributed by atoms with E-state index in [1.165, 1.54) is 6.07 Å². The molecule has 1 aromatic rings. The molecule has 1 heterocycles. The van der Waals surface area contributed by atoms with E-state index in [9.17, 15) is 4.39 Å². The Balaban J connectivity index is 2.13. The summed E-state index contributed by atoms with van der Waals surface area (Å²) in [7, 11) is -1.88. The summed E-state index contributed by atoms with van der Waals surface area (Å²) in [5.41, 5.74) is 0.936. The van der Waals surface area contributed by atoms with Crippen molar-refractivity contribution >= 4 is 8.32 Å². The molecule has 0 fully saturated rings. The molecule has 122 valence electrons. The van der Waals surface area contributed by atoms with E-state index in [0.29, 0.717) is 0 Å². The van der Waals surface area contributed by atoms with E-state index in [0.717, 1.165) is 24.2 Å². The van der Waals surface area contributed by atoms with Gasteiger partial charge in [0.25, 0.3) is 0 Å². The summed E-state index contributed by atoms with van der Waals surface area (Å²) < 4.78 is 25.8. The zero-order chi connectivity index (χ0) is 16.5. The lowest BCUT2D eigenvalue weighted by molar-refractivity contribution is 0.0593. The lowest BCUT2D eigenvalue weighted by Crippen LogP contribution is -2.48. The Morgan fingerprint density at radius 1 is 1.41 bits per heavy atom. The van der Waals surface area contributed by atoms with Crippen LogP contribution in [0.1, 0.15) is 32.8 Å². The first-order valence-electron chi connectivity index (χ1n) is 7.89. The van der Waals surface area contributed by atoms with Gasteiger partial charge in [0.15, 0.2) is 8.32 Å². The molecule has 2 nitrogen and oxygen atoms in total. The van der Waals surface area contributed by atoms with Gasteiger partial charge in [-0.2, -0.15) is 0 Å². The van der Waals surface area contributed by atoms with E-state index in [2.05, 4.69) is 40.4 Å². The van der Waals surface area contributed by atoms with Crippen LogP contribution in [0, 0.1) is 5.82 Å². The van der Waals surface area contributed by atoms with Crippen molar-refractivity contribution in [3.05, 3.63) is 42.2 Å². The van der Waals surface area contributed by atoms with Crippen LogP contribution < -0.4 is 4.74 Å². The lowest BCUT2D eigenvalue weighted by atomic mass is 9.99. The molecule has 0 aromatic heterocycles. The molecule has 0 unspecified atom stereocenters. The Morgan fingerprint density at radius 2 is 2.09 bits per heavy atom. The van der Waals surface area contributed by atoms with Crippen LogP contribution in [0.4, 0.5) is 4.39 Å². The van der Waals surface area contributed by atoms with Crippen molar-refractivity contribution < 1.29 is 13.6 Å². The minimum atomic E-state index is -1.88. The van der Waals surface area contributed by atoms with Gasteiger partial charge in [0.05, 0.1) is 0 Å². The van der Waals surface area contributed by atoms with E-state index in [-0.39, 0.29) is 23.1 Å². The van der Waals surface area contributed by atoms with Crippen molar-refractivity contribution in [1.82, 2.24) is 0 Å².